The van der Waals surface area contributed by atoms with Crippen LogP contribution in [0.25, 0.3) is 0 Å². The number of carbonyl (C=O) groups excluding carboxylic acids is 2. The molecule has 7 nitrogen and oxygen atoms in total. The minimum atomic E-state index is -3.19. The van der Waals surface area contributed by atoms with Crippen LogP contribution in [-0.2, 0) is 19.6 Å². The van der Waals surface area contributed by atoms with Crippen molar-refractivity contribution in [1.29, 1.82) is 0 Å². The second kappa shape index (κ2) is 4.26. The zero-order valence-corrected chi connectivity index (χ0v) is 10.3. The summed E-state index contributed by atoms with van der Waals surface area (Å²) >= 11 is 0. The number of rotatable bonds is 2. The van der Waals surface area contributed by atoms with E-state index < -0.39 is 16.1 Å². The molecule has 0 radical (unpaired) electrons. The van der Waals surface area contributed by atoms with Gasteiger partial charge in [0.1, 0.15) is 0 Å². The number of sulfonamides is 1. The average Bonchev–Trinajstić information content (AvgIpc) is 2.58. The SMILES string of the molecule is CS(=O)(=O)N1CCC(N2C(=O)COC2=O)CC1. The first kappa shape index (κ1) is 12.3. The van der Waals surface area contributed by atoms with Crippen LogP contribution in [0.4, 0.5) is 4.79 Å². The fourth-order valence-corrected chi connectivity index (χ4v) is 3.02. The molecule has 2 aliphatic heterocycles. The van der Waals surface area contributed by atoms with Crippen LogP contribution in [0.5, 0.6) is 0 Å². The van der Waals surface area contributed by atoms with Crippen LogP contribution in [0.3, 0.4) is 0 Å². The summed E-state index contributed by atoms with van der Waals surface area (Å²) in [4.78, 5) is 23.8. The largest absolute Gasteiger partial charge is 0.439 e. The van der Waals surface area contributed by atoms with Gasteiger partial charge in [0, 0.05) is 19.1 Å². The fraction of sp³-hybridized carbons (Fsp3) is 0.778. The summed E-state index contributed by atoms with van der Waals surface area (Å²) in [5.41, 5.74) is 0. The van der Waals surface area contributed by atoms with Crippen molar-refractivity contribution in [3.63, 3.8) is 0 Å². The molecule has 0 atom stereocenters. The highest BCUT2D eigenvalue weighted by atomic mass is 32.2. The second-order valence-electron chi connectivity index (χ2n) is 4.21. The molecule has 0 aromatic rings. The third kappa shape index (κ3) is 2.42. The normalized spacial score (nSPS) is 24.2. The zero-order valence-electron chi connectivity index (χ0n) is 9.46. The molecule has 2 aliphatic rings. The van der Waals surface area contributed by atoms with E-state index in [-0.39, 0.29) is 18.6 Å². The quantitative estimate of drug-likeness (QED) is 0.663. The van der Waals surface area contributed by atoms with Crippen molar-refractivity contribution in [1.82, 2.24) is 9.21 Å². The van der Waals surface area contributed by atoms with Gasteiger partial charge in [-0.05, 0) is 12.8 Å². The van der Waals surface area contributed by atoms with Crippen molar-refractivity contribution in [2.45, 2.75) is 18.9 Å². The summed E-state index contributed by atoms with van der Waals surface area (Å²) in [6.45, 7) is 0.465. The Hall–Kier alpha value is -1.15. The van der Waals surface area contributed by atoms with E-state index in [0.29, 0.717) is 25.9 Å². The first-order valence-electron chi connectivity index (χ1n) is 5.33. The maximum atomic E-state index is 11.4. The molecule has 0 unspecified atom stereocenters. The molecular formula is C9H14N2O5S. The molecule has 0 spiro atoms. The maximum absolute atomic E-state index is 11.4. The van der Waals surface area contributed by atoms with E-state index in [1.165, 1.54) is 4.31 Å². The first-order chi connectivity index (χ1) is 7.89. The number of nitrogens with zero attached hydrogens (tertiary/aromatic N) is 2. The molecule has 2 saturated heterocycles. The third-order valence-electron chi connectivity index (χ3n) is 3.04. The standard InChI is InChI=1S/C9H14N2O5S/c1-17(14,15)10-4-2-7(3-5-10)11-8(12)6-16-9(11)13/h7H,2-6H2,1H3. The fourth-order valence-electron chi connectivity index (χ4n) is 2.15. The molecule has 0 aromatic carbocycles. The van der Waals surface area contributed by atoms with Crippen LogP contribution in [0.1, 0.15) is 12.8 Å². The Kier molecular flexibility index (Phi) is 3.09. The van der Waals surface area contributed by atoms with E-state index in [1.54, 1.807) is 0 Å². The van der Waals surface area contributed by atoms with Gasteiger partial charge in [-0.3, -0.25) is 4.79 Å². The van der Waals surface area contributed by atoms with Crippen molar-refractivity contribution >= 4 is 22.0 Å². The van der Waals surface area contributed by atoms with Gasteiger partial charge in [0.05, 0.1) is 6.26 Å². The lowest BCUT2D eigenvalue weighted by molar-refractivity contribution is -0.127. The molecule has 0 saturated carbocycles. The van der Waals surface area contributed by atoms with Crippen LogP contribution in [-0.4, -0.2) is 61.6 Å². The number of piperidine rings is 1. The summed E-state index contributed by atoms with van der Waals surface area (Å²) in [6.07, 6.45) is 1.47. The highest BCUT2D eigenvalue weighted by molar-refractivity contribution is 7.88. The number of amides is 2. The molecule has 17 heavy (non-hydrogen) atoms. The highest BCUT2D eigenvalue weighted by Gasteiger charge is 2.39. The number of imide groups is 1. The predicted molar refractivity (Wildman–Crippen MR) is 57.6 cm³/mol. The minimum absolute atomic E-state index is 0.203. The monoisotopic (exact) mass is 262 g/mol. The number of ether oxygens (including phenoxy) is 1. The Morgan fingerprint density at radius 1 is 1.24 bits per heavy atom. The van der Waals surface area contributed by atoms with E-state index in [4.69, 9.17) is 0 Å². The van der Waals surface area contributed by atoms with Crippen molar-refractivity contribution < 1.29 is 22.7 Å². The van der Waals surface area contributed by atoms with Crippen molar-refractivity contribution in [2.24, 2.45) is 0 Å². The predicted octanol–water partition coefficient (Wildman–Crippen LogP) is -0.611. The van der Waals surface area contributed by atoms with Crippen LogP contribution in [0.15, 0.2) is 0 Å². The van der Waals surface area contributed by atoms with Crippen molar-refractivity contribution in [3.05, 3.63) is 0 Å². The number of hydrogen-bond donors (Lipinski definition) is 0. The Morgan fingerprint density at radius 2 is 1.82 bits per heavy atom. The third-order valence-corrected chi connectivity index (χ3v) is 4.35. The molecule has 8 heteroatoms. The van der Waals surface area contributed by atoms with Gasteiger partial charge in [-0.25, -0.2) is 22.4 Å². The van der Waals surface area contributed by atoms with Crippen LogP contribution >= 0.6 is 0 Å². The smallest absolute Gasteiger partial charge is 0.417 e. The van der Waals surface area contributed by atoms with Crippen LogP contribution in [0, 0.1) is 0 Å². The van der Waals surface area contributed by atoms with Gasteiger partial charge in [-0.2, -0.15) is 0 Å². The average molecular weight is 262 g/mol. The Labute approximate surface area is 99.4 Å². The summed E-state index contributed by atoms with van der Waals surface area (Å²) in [7, 11) is -3.19. The summed E-state index contributed by atoms with van der Waals surface area (Å²) < 4.78 is 28.6. The Morgan fingerprint density at radius 3 is 2.24 bits per heavy atom. The van der Waals surface area contributed by atoms with Gasteiger partial charge in [-0.15, -0.1) is 0 Å². The molecule has 2 fully saturated rings. The lowest BCUT2D eigenvalue weighted by atomic mass is 10.1. The zero-order chi connectivity index (χ0) is 12.6. The first-order valence-corrected chi connectivity index (χ1v) is 7.18. The molecule has 2 amide bonds. The van der Waals surface area contributed by atoms with E-state index >= 15 is 0 Å². The van der Waals surface area contributed by atoms with Gasteiger partial charge < -0.3 is 4.74 Å². The lowest BCUT2D eigenvalue weighted by Crippen LogP contribution is -2.48. The number of carbonyl (C=O) groups is 2. The molecule has 2 rings (SSSR count). The van der Waals surface area contributed by atoms with Crippen molar-refractivity contribution in [2.75, 3.05) is 26.0 Å². The Balaban J connectivity index is 2.00. The maximum Gasteiger partial charge on any atom is 0.417 e. The Bertz CT molecular complexity index is 422. The number of hydrogen-bond acceptors (Lipinski definition) is 5. The molecule has 0 N–H and O–H groups in total. The van der Waals surface area contributed by atoms with Gasteiger partial charge in [-0.1, -0.05) is 0 Å². The van der Waals surface area contributed by atoms with Crippen LogP contribution in [0.2, 0.25) is 0 Å². The topological polar surface area (TPSA) is 84.0 Å². The summed E-state index contributed by atoms with van der Waals surface area (Å²) in [6, 6.07) is -0.240. The highest BCUT2D eigenvalue weighted by Crippen LogP contribution is 2.21. The molecule has 96 valence electrons. The molecular weight excluding hydrogens is 248 g/mol. The lowest BCUT2D eigenvalue weighted by Gasteiger charge is -2.33. The molecule has 0 aromatic heterocycles. The van der Waals surface area contributed by atoms with E-state index in [9.17, 15) is 18.0 Å². The molecule has 0 bridgehead atoms. The van der Waals surface area contributed by atoms with E-state index in [2.05, 4.69) is 4.74 Å². The van der Waals surface area contributed by atoms with Gasteiger partial charge in [0.25, 0.3) is 5.91 Å². The van der Waals surface area contributed by atoms with E-state index in [1.807, 2.05) is 0 Å². The van der Waals surface area contributed by atoms with Crippen molar-refractivity contribution in [3.8, 4) is 0 Å². The summed E-state index contributed by atoms with van der Waals surface area (Å²) in [5, 5.41) is 0. The number of cyclic esters (lactones) is 1. The van der Waals surface area contributed by atoms with Gasteiger partial charge in [0.15, 0.2) is 6.61 Å². The van der Waals surface area contributed by atoms with E-state index in [0.717, 1.165) is 11.2 Å². The molecule has 2 heterocycles. The van der Waals surface area contributed by atoms with Gasteiger partial charge >= 0.3 is 6.09 Å². The second-order valence-corrected chi connectivity index (χ2v) is 6.19. The summed E-state index contributed by atoms with van der Waals surface area (Å²) in [5.74, 6) is -0.340. The molecule has 0 aliphatic carbocycles. The minimum Gasteiger partial charge on any atom is -0.439 e. The van der Waals surface area contributed by atoms with Gasteiger partial charge in [0.2, 0.25) is 10.0 Å². The van der Waals surface area contributed by atoms with Crippen LogP contribution < -0.4 is 0 Å².